The fourth-order valence-corrected chi connectivity index (χ4v) is 15.5. The third kappa shape index (κ3) is 4.49. The molecule has 0 radical (unpaired) electrons. The first-order chi connectivity index (χ1) is 12.8. The molecule has 0 spiro atoms. The molecule has 0 amide bonds. The van der Waals surface area contributed by atoms with Gasteiger partial charge in [0.15, 0.2) is 0 Å². The zero-order valence-corrected chi connectivity index (χ0v) is 21.3. The molecule has 0 saturated carbocycles. The summed E-state index contributed by atoms with van der Waals surface area (Å²) in [6.07, 6.45) is 0. The van der Waals surface area contributed by atoms with E-state index in [9.17, 15) is 19.2 Å². The summed E-state index contributed by atoms with van der Waals surface area (Å²) < 4.78 is 22.7. The molecule has 1 saturated heterocycles. The number of hydrogen-bond donors (Lipinski definition) is 0. The zero-order chi connectivity index (χ0) is 21.9. The van der Waals surface area contributed by atoms with Crippen LogP contribution in [0.25, 0.3) is 0 Å². The monoisotopic (exact) mass is 456 g/mol. The van der Waals surface area contributed by atoms with Crippen LogP contribution in [0.15, 0.2) is 48.6 Å². The lowest BCUT2D eigenvalue weighted by Gasteiger charge is -2.38. The third-order valence-corrected chi connectivity index (χ3v) is 15.7. The summed E-state index contributed by atoms with van der Waals surface area (Å²) in [5.41, 5.74) is -0.0499. The minimum Gasteiger partial charge on any atom is -0.425 e. The van der Waals surface area contributed by atoms with E-state index in [1.807, 2.05) is 0 Å². The van der Waals surface area contributed by atoms with Gasteiger partial charge < -0.3 is 16.5 Å². The van der Waals surface area contributed by atoms with E-state index in [0.717, 1.165) is 0 Å². The van der Waals surface area contributed by atoms with Gasteiger partial charge in [-0.05, 0) is 50.0 Å². The molecule has 1 heterocycles. The average molecular weight is 457 g/mol. The SMILES string of the molecule is C=C(C)C(=O)[Si]1(C(=O)C(=C)C)O[SiH2]O[SiH2]O[Si](C(=O)C(=C)C)(C(=O)C(=C)C)O1. The predicted molar refractivity (Wildman–Crippen MR) is 112 cm³/mol. The maximum absolute atomic E-state index is 13.0. The van der Waals surface area contributed by atoms with Crippen LogP contribution in [-0.2, 0) is 35.6 Å². The molecule has 1 fully saturated rings. The number of hydrogen-bond acceptors (Lipinski definition) is 8. The zero-order valence-electron chi connectivity index (χ0n) is 16.5. The van der Waals surface area contributed by atoms with Crippen LogP contribution >= 0.6 is 0 Å². The summed E-state index contributed by atoms with van der Waals surface area (Å²) in [5, 5.41) is -3.20. The van der Waals surface area contributed by atoms with Crippen LogP contribution in [-0.4, -0.2) is 58.8 Å². The highest BCUT2D eigenvalue weighted by Crippen LogP contribution is 2.28. The number of carbonyl (C=O) groups excluding carboxylic acids is 4. The molecular weight excluding hydrogens is 433 g/mol. The number of carbonyl (C=O) groups is 4. The second-order valence-corrected chi connectivity index (χ2v) is 16.0. The quantitative estimate of drug-likeness (QED) is 0.362. The van der Waals surface area contributed by atoms with E-state index in [2.05, 4.69) is 26.3 Å². The van der Waals surface area contributed by atoms with Crippen molar-refractivity contribution in [1.82, 2.24) is 0 Å². The van der Waals surface area contributed by atoms with Gasteiger partial charge in [-0.25, -0.2) is 0 Å². The first-order valence-corrected chi connectivity index (χ1v) is 14.1. The Kier molecular flexibility index (Phi) is 8.04. The molecule has 0 aromatic carbocycles. The third-order valence-electron chi connectivity index (χ3n) is 3.72. The highest BCUT2D eigenvalue weighted by atomic mass is 28.5. The summed E-state index contributed by atoms with van der Waals surface area (Å²) in [6.45, 7) is 19.8. The van der Waals surface area contributed by atoms with Crippen LogP contribution in [0, 0.1) is 0 Å². The molecule has 1 aliphatic rings. The molecule has 12 heteroatoms. The molecule has 28 heavy (non-hydrogen) atoms. The summed E-state index contributed by atoms with van der Waals surface area (Å²) in [6, 6.07) is 0. The standard InChI is InChI=1S/C16H24O8Si4/c1-9(2)13(17)27(14(18)10(3)4)22-25-21-26-23-28(24-27,15(19)11(5)6)16(20)12(7)8/h1,3,5,7,25-26H2,2,4,6,8H3. The van der Waals surface area contributed by atoms with E-state index >= 15 is 0 Å². The number of allylic oxidation sites excluding steroid dienone is 4. The molecule has 0 aromatic rings. The molecule has 0 N–H and O–H groups in total. The van der Waals surface area contributed by atoms with Crippen molar-refractivity contribution < 1.29 is 35.6 Å². The minimum absolute atomic E-state index is 0.0125. The van der Waals surface area contributed by atoms with Gasteiger partial charge in [0.05, 0.1) is 0 Å². The van der Waals surface area contributed by atoms with Crippen molar-refractivity contribution in [3.63, 3.8) is 0 Å². The topological polar surface area (TPSA) is 105 Å². The van der Waals surface area contributed by atoms with Gasteiger partial charge in [0.25, 0.3) is 20.0 Å². The maximum Gasteiger partial charge on any atom is 0.473 e. The van der Waals surface area contributed by atoms with E-state index in [1.165, 1.54) is 27.7 Å². The lowest BCUT2D eigenvalue weighted by Crippen LogP contribution is -2.72. The minimum atomic E-state index is -4.56. The maximum atomic E-state index is 13.0. The van der Waals surface area contributed by atoms with Crippen LogP contribution in [0.2, 0.25) is 0 Å². The van der Waals surface area contributed by atoms with Crippen LogP contribution in [0.1, 0.15) is 27.7 Å². The molecule has 0 atom stereocenters. The summed E-state index contributed by atoms with van der Waals surface area (Å²) in [7, 11) is -12.8. The lowest BCUT2D eigenvalue weighted by molar-refractivity contribution is -0.118. The van der Waals surface area contributed by atoms with Gasteiger partial charge in [-0.3, -0.25) is 19.2 Å². The second-order valence-electron chi connectivity index (χ2n) is 6.50. The Balaban J connectivity index is 3.85. The Hall–Kier alpha value is -1.65. The van der Waals surface area contributed by atoms with E-state index in [-0.39, 0.29) is 22.3 Å². The Morgan fingerprint density at radius 2 is 0.857 bits per heavy atom. The van der Waals surface area contributed by atoms with Crippen molar-refractivity contribution >= 4 is 58.8 Å². The Morgan fingerprint density at radius 3 is 1.07 bits per heavy atom. The van der Waals surface area contributed by atoms with Crippen molar-refractivity contribution in [2.75, 3.05) is 0 Å². The Bertz CT molecular complexity index is 684. The van der Waals surface area contributed by atoms with Crippen molar-refractivity contribution in [3.8, 4) is 0 Å². The smallest absolute Gasteiger partial charge is 0.425 e. The molecule has 152 valence electrons. The Labute approximate surface area is 170 Å². The first-order valence-electron chi connectivity index (χ1n) is 8.20. The molecule has 1 rings (SSSR count). The van der Waals surface area contributed by atoms with Gasteiger partial charge >= 0.3 is 17.1 Å². The van der Waals surface area contributed by atoms with Gasteiger partial charge in [-0.15, -0.1) is 0 Å². The van der Waals surface area contributed by atoms with E-state index in [4.69, 9.17) is 16.5 Å². The molecule has 0 aromatic heterocycles. The van der Waals surface area contributed by atoms with E-state index < -0.39 is 58.8 Å². The van der Waals surface area contributed by atoms with Crippen molar-refractivity contribution in [3.05, 3.63) is 48.6 Å². The highest BCUT2D eigenvalue weighted by Gasteiger charge is 2.66. The largest absolute Gasteiger partial charge is 0.473 e. The molecular formula is C16H24O8Si4. The predicted octanol–water partition coefficient (Wildman–Crippen LogP) is -0.314. The average Bonchev–Trinajstić information content (AvgIpc) is 2.59. The van der Waals surface area contributed by atoms with Gasteiger partial charge in [0.2, 0.25) is 21.6 Å². The Morgan fingerprint density at radius 1 is 0.607 bits per heavy atom. The fourth-order valence-electron chi connectivity index (χ4n) is 2.32. The molecule has 1 aliphatic heterocycles. The molecule has 8 nitrogen and oxygen atoms in total. The van der Waals surface area contributed by atoms with Crippen LogP contribution in [0.4, 0.5) is 0 Å². The molecule has 0 bridgehead atoms. The van der Waals surface area contributed by atoms with E-state index in [1.54, 1.807) is 0 Å². The van der Waals surface area contributed by atoms with Crippen LogP contribution in [0.5, 0.6) is 0 Å². The summed E-state index contributed by atoms with van der Waals surface area (Å²) in [4.78, 5) is 52.1. The normalized spacial score (nSPS) is 19.9. The van der Waals surface area contributed by atoms with Gasteiger partial charge in [0.1, 0.15) is 0 Å². The van der Waals surface area contributed by atoms with Crippen molar-refractivity contribution in [2.45, 2.75) is 27.7 Å². The van der Waals surface area contributed by atoms with E-state index in [0.29, 0.717) is 0 Å². The number of rotatable bonds is 8. The fraction of sp³-hybridized carbons (Fsp3) is 0.250. The highest BCUT2D eigenvalue weighted by molar-refractivity contribution is 7.31. The van der Waals surface area contributed by atoms with Gasteiger partial charge in [-0.2, -0.15) is 0 Å². The first kappa shape index (κ1) is 24.4. The van der Waals surface area contributed by atoms with Crippen molar-refractivity contribution in [2.24, 2.45) is 0 Å². The molecule has 0 aliphatic carbocycles. The van der Waals surface area contributed by atoms with Crippen LogP contribution in [0.3, 0.4) is 0 Å². The van der Waals surface area contributed by atoms with Gasteiger partial charge in [0, 0.05) is 0 Å². The van der Waals surface area contributed by atoms with Gasteiger partial charge in [-0.1, -0.05) is 26.3 Å². The summed E-state index contributed by atoms with van der Waals surface area (Å²) in [5.74, 6) is 0. The van der Waals surface area contributed by atoms with Crippen LogP contribution < -0.4 is 0 Å². The van der Waals surface area contributed by atoms with Crippen molar-refractivity contribution in [1.29, 1.82) is 0 Å². The summed E-state index contributed by atoms with van der Waals surface area (Å²) >= 11 is 0. The molecule has 0 unspecified atom stereocenters. The second kappa shape index (κ2) is 9.23. The lowest BCUT2D eigenvalue weighted by atomic mass is 10.4.